The van der Waals surface area contributed by atoms with Gasteiger partial charge in [-0.1, -0.05) is 18.5 Å². The van der Waals surface area contributed by atoms with Crippen molar-refractivity contribution in [2.45, 2.75) is 19.8 Å². The zero-order chi connectivity index (χ0) is 15.7. The number of methoxy groups -OCH3 is 1. The number of nitrogens with zero attached hydrogens (tertiary/aromatic N) is 1. The number of nitrogens with one attached hydrogen (secondary N) is 1. The van der Waals surface area contributed by atoms with Crippen LogP contribution in [0.15, 0.2) is 18.2 Å². The van der Waals surface area contributed by atoms with Crippen LogP contribution in [0.5, 0.6) is 5.75 Å². The Balaban J connectivity index is 2.55. The van der Waals surface area contributed by atoms with Crippen molar-refractivity contribution in [3.05, 3.63) is 23.2 Å². The molecule has 0 aliphatic carbocycles. The highest BCUT2D eigenvalue weighted by atomic mass is 35.5. The number of rotatable bonds is 9. The summed E-state index contributed by atoms with van der Waals surface area (Å²) in [6.07, 6.45) is 1.35. The second-order valence-electron chi connectivity index (χ2n) is 4.71. The van der Waals surface area contributed by atoms with Gasteiger partial charge >= 0.3 is 0 Å². The molecule has 0 unspecified atom stereocenters. The molecule has 21 heavy (non-hydrogen) atoms. The van der Waals surface area contributed by atoms with Crippen LogP contribution in [-0.2, 0) is 4.79 Å². The van der Waals surface area contributed by atoms with Gasteiger partial charge in [0.15, 0.2) is 0 Å². The fraction of sp³-hybridized carbons (Fsp3) is 0.533. The van der Waals surface area contributed by atoms with Crippen LogP contribution in [0.1, 0.15) is 19.8 Å². The minimum absolute atomic E-state index is 0.101. The third-order valence-electron chi connectivity index (χ3n) is 3.05. The van der Waals surface area contributed by atoms with Gasteiger partial charge in [0.1, 0.15) is 5.75 Å². The zero-order valence-corrected chi connectivity index (χ0v) is 13.3. The molecule has 1 aromatic carbocycles. The predicted octanol–water partition coefficient (Wildman–Crippen LogP) is 2.38. The quantitative estimate of drug-likeness (QED) is 0.734. The summed E-state index contributed by atoms with van der Waals surface area (Å²) in [6.45, 7) is 4.24. The third kappa shape index (κ3) is 6.33. The highest BCUT2D eigenvalue weighted by Gasteiger charge is 2.10. The molecule has 118 valence electrons. The molecule has 0 atom stereocenters. The Morgan fingerprint density at radius 1 is 1.38 bits per heavy atom. The van der Waals surface area contributed by atoms with E-state index in [4.69, 9.17) is 21.4 Å². The van der Waals surface area contributed by atoms with Crippen molar-refractivity contribution in [1.82, 2.24) is 4.90 Å². The van der Waals surface area contributed by atoms with Gasteiger partial charge in [0.05, 0.1) is 19.4 Å². The minimum Gasteiger partial charge on any atom is -0.495 e. The highest BCUT2D eigenvalue weighted by Crippen LogP contribution is 2.27. The molecular formula is C15H23ClN2O3. The number of carbonyl (C=O) groups excluding carboxylic acids is 1. The molecule has 5 nitrogen and oxygen atoms in total. The maximum atomic E-state index is 12.0. The lowest BCUT2D eigenvalue weighted by Gasteiger charge is -2.20. The Kier molecular flexibility index (Phi) is 8.12. The standard InChI is InChI=1S/C15H23ClN2O3/c1-3-7-18(9-10-19)8-6-15(20)17-13-11-12(16)4-5-14(13)21-2/h4-5,11,19H,3,6-10H2,1-2H3,(H,17,20). The van der Waals surface area contributed by atoms with Crippen molar-refractivity contribution in [2.75, 3.05) is 38.7 Å². The Morgan fingerprint density at radius 3 is 2.76 bits per heavy atom. The molecule has 0 saturated carbocycles. The molecule has 0 fully saturated rings. The van der Waals surface area contributed by atoms with Gasteiger partial charge in [-0.05, 0) is 31.2 Å². The van der Waals surface area contributed by atoms with E-state index in [1.54, 1.807) is 25.3 Å². The predicted molar refractivity (Wildman–Crippen MR) is 85.1 cm³/mol. The molecule has 1 aromatic rings. The average Bonchev–Trinajstić information content (AvgIpc) is 2.45. The molecule has 1 rings (SSSR count). The molecule has 0 spiro atoms. The van der Waals surface area contributed by atoms with Crippen molar-refractivity contribution in [2.24, 2.45) is 0 Å². The third-order valence-corrected chi connectivity index (χ3v) is 3.28. The van der Waals surface area contributed by atoms with Crippen molar-refractivity contribution in [3.8, 4) is 5.75 Å². The van der Waals surface area contributed by atoms with Crippen LogP contribution in [0.4, 0.5) is 5.69 Å². The molecular weight excluding hydrogens is 292 g/mol. The summed E-state index contributed by atoms with van der Waals surface area (Å²) in [5.41, 5.74) is 0.569. The normalized spacial score (nSPS) is 10.7. The number of halogens is 1. The highest BCUT2D eigenvalue weighted by molar-refractivity contribution is 6.31. The number of aliphatic hydroxyl groups is 1. The number of ether oxygens (including phenoxy) is 1. The summed E-state index contributed by atoms with van der Waals surface area (Å²) in [6, 6.07) is 5.09. The zero-order valence-electron chi connectivity index (χ0n) is 12.6. The van der Waals surface area contributed by atoms with E-state index in [1.165, 1.54) is 0 Å². The van der Waals surface area contributed by atoms with E-state index in [-0.39, 0.29) is 12.5 Å². The Morgan fingerprint density at radius 2 is 2.14 bits per heavy atom. The maximum Gasteiger partial charge on any atom is 0.225 e. The molecule has 0 saturated heterocycles. The maximum absolute atomic E-state index is 12.0. The lowest BCUT2D eigenvalue weighted by Crippen LogP contribution is -2.31. The lowest BCUT2D eigenvalue weighted by atomic mass is 10.2. The second-order valence-corrected chi connectivity index (χ2v) is 5.14. The van der Waals surface area contributed by atoms with Gasteiger partial charge in [-0.3, -0.25) is 4.79 Å². The van der Waals surface area contributed by atoms with Gasteiger partial charge in [-0.25, -0.2) is 0 Å². The average molecular weight is 315 g/mol. The van der Waals surface area contributed by atoms with E-state index in [2.05, 4.69) is 17.1 Å². The van der Waals surface area contributed by atoms with Gasteiger partial charge in [0, 0.05) is 24.5 Å². The smallest absolute Gasteiger partial charge is 0.225 e. The van der Waals surface area contributed by atoms with E-state index in [0.717, 1.165) is 13.0 Å². The summed E-state index contributed by atoms with van der Waals surface area (Å²) >= 11 is 5.92. The lowest BCUT2D eigenvalue weighted by molar-refractivity contribution is -0.116. The Bertz CT molecular complexity index is 449. The SMILES string of the molecule is CCCN(CCO)CCC(=O)Nc1cc(Cl)ccc1OC. The summed E-state index contributed by atoms with van der Waals surface area (Å²) in [4.78, 5) is 14.1. The van der Waals surface area contributed by atoms with E-state index < -0.39 is 0 Å². The molecule has 0 heterocycles. The van der Waals surface area contributed by atoms with Crippen LogP contribution in [0.25, 0.3) is 0 Å². The van der Waals surface area contributed by atoms with Crippen LogP contribution < -0.4 is 10.1 Å². The summed E-state index contributed by atoms with van der Waals surface area (Å²) in [5, 5.41) is 12.3. The number of anilines is 1. The number of aliphatic hydroxyl groups excluding tert-OH is 1. The number of hydrogen-bond donors (Lipinski definition) is 2. The van der Waals surface area contributed by atoms with Gasteiger partial charge in [0.25, 0.3) is 0 Å². The van der Waals surface area contributed by atoms with Crippen LogP contribution >= 0.6 is 11.6 Å². The monoisotopic (exact) mass is 314 g/mol. The van der Waals surface area contributed by atoms with Crippen LogP contribution in [0, 0.1) is 0 Å². The topological polar surface area (TPSA) is 61.8 Å². The minimum atomic E-state index is -0.102. The van der Waals surface area contributed by atoms with E-state index in [9.17, 15) is 4.79 Å². The van der Waals surface area contributed by atoms with E-state index in [1.807, 2.05) is 0 Å². The first-order chi connectivity index (χ1) is 10.1. The van der Waals surface area contributed by atoms with Crippen molar-refractivity contribution < 1.29 is 14.6 Å². The fourth-order valence-electron chi connectivity index (χ4n) is 2.04. The summed E-state index contributed by atoms with van der Waals surface area (Å²) < 4.78 is 5.19. The first kappa shape index (κ1) is 17.8. The molecule has 2 N–H and O–H groups in total. The van der Waals surface area contributed by atoms with Gasteiger partial charge in [-0.15, -0.1) is 0 Å². The molecule has 0 aliphatic heterocycles. The first-order valence-corrected chi connectivity index (χ1v) is 7.45. The van der Waals surface area contributed by atoms with Crippen molar-refractivity contribution >= 4 is 23.2 Å². The van der Waals surface area contributed by atoms with Crippen molar-refractivity contribution in [3.63, 3.8) is 0 Å². The molecule has 0 aromatic heterocycles. The van der Waals surface area contributed by atoms with E-state index >= 15 is 0 Å². The fourth-order valence-corrected chi connectivity index (χ4v) is 2.22. The van der Waals surface area contributed by atoms with Crippen LogP contribution in [0.3, 0.4) is 0 Å². The Hall–Kier alpha value is -1.30. The first-order valence-electron chi connectivity index (χ1n) is 7.07. The van der Waals surface area contributed by atoms with E-state index in [0.29, 0.717) is 36.0 Å². The molecule has 6 heteroatoms. The molecule has 0 bridgehead atoms. The van der Waals surface area contributed by atoms with Gasteiger partial charge in [0.2, 0.25) is 5.91 Å². The van der Waals surface area contributed by atoms with Crippen LogP contribution in [0.2, 0.25) is 5.02 Å². The molecule has 0 aliphatic rings. The summed E-state index contributed by atoms with van der Waals surface area (Å²) in [5.74, 6) is 0.475. The Labute approximate surface area is 130 Å². The van der Waals surface area contributed by atoms with Crippen LogP contribution in [-0.4, -0.2) is 49.3 Å². The number of benzene rings is 1. The number of hydrogen-bond acceptors (Lipinski definition) is 4. The largest absolute Gasteiger partial charge is 0.495 e. The second kappa shape index (κ2) is 9.60. The van der Waals surface area contributed by atoms with Gasteiger partial charge < -0.3 is 20.1 Å². The molecule has 0 radical (unpaired) electrons. The van der Waals surface area contributed by atoms with Gasteiger partial charge in [-0.2, -0.15) is 0 Å². The summed E-state index contributed by atoms with van der Waals surface area (Å²) in [7, 11) is 1.54. The van der Waals surface area contributed by atoms with Crippen molar-refractivity contribution in [1.29, 1.82) is 0 Å². The number of carbonyl (C=O) groups is 1. The number of amides is 1. The molecule has 1 amide bonds.